The molecular formula is C12H12N4O2. The van der Waals surface area contributed by atoms with Crippen LogP contribution >= 0.6 is 0 Å². The molecule has 0 aromatic carbocycles. The van der Waals surface area contributed by atoms with Crippen LogP contribution in [0.1, 0.15) is 25.3 Å². The Labute approximate surface area is 103 Å². The summed E-state index contributed by atoms with van der Waals surface area (Å²) in [5.74, 6) is 0.327. The van der Waals surface area contributed by atoms with Crippen molar-refractivity contribution in [2.45, 2.75) is 25.3 Å². The fraction of sp³-hybridized carbons (Fsp3) is 0.333. The Morgan fingerprint density at radius 1 is 1.33 bits per heavy atom. The van der Waals surface area contributed by atoms with Gasteiger partial charge in [0.1, 0.15) is 0 Å². The van der Waals surface area contributed by atoms with Crippen LogP contribution in [0.3, 0.4) is 0 Å². The Bertz CT molecular complexity index is 615. The van der Waals surface area contributed by atoms with Crippen LogP contribution in [0.4, 0.5) is 0 Å². The molecule has 1 aliphatic rings. The van der Waals surface area contributed by atoms with Crippen LogP contribution in [-0.4, -0.2) is 19.7 Å². The molecule has 0 saturated carbocycles. The average Bonchev–Trinajstić information content (AvgIpc) is 2.83. The molecule has 0 amide bonds. The van der Waals surface area contributed by atoms with Crippen molar-refractivity contribution in [3.05, 3.63) is 41.2 Å². The molecule has 6 nitrogen and oxygen atoms in total. The second-order valence-corrected chi connectivity index (χ2v) is 4.14. The maximum atomic E-state index is 11.8. The van der Waals surface area contributed by atoms with Crippen LogP contribution in [0, 0.1) is 0 Å². The maximum Gasteiger partial charge on any atom is 0.442 e. The lowest BCUT2D eigenvalue weighted by Gasteiger charge is -2.17. The molecule has 2 heterocycles. The monoisotopic (exact) mass is 244 g/mol. The maximum absolute atomic E-state index is 11.8. The smallest absolute Gasteiger partial charge is 0.295 e. The van der Waals surface area contributed by atoms with Gasteiger partial charge in [0, 0.05) is 12.4 Å². The first kappa shape index (κ1) is 10.9. The Balaban J connectivity index is 2.09. The lowest BCUT2D eigenvalue weighted by atomic mass is 10.0. The van der Waals surface area contributed by atoms with Crippen molar-refractivity contribution < 1.29 is 4.52 Å². The third-order valence-electron chi connectivity index (χ3n) is 2.96. The van der Waals surface area contributed by atoms with Crippen molar-refractivity contribution in [1.82, 2.24) is 19.7 Å². The highest BCUT2D eigenvalue weighted by atomic mass is 16.5. The second-order valence-electron chi connectivity index (χ2n) is 4.14. The van der Waals surface area contributed by atoms with E-state index in [4.69, 9.17) is 4.52 Å². The van der Waals surface area contributed by atoms with Crippen molar-refractivity contribution in [2.24, 2.45) is 0 Å². The summed E-state index contributed by atoms with van der Waals surface area (Å²) in [6.45, 7) is 0. The fourth-order valence-electron chi connectivity index (χ4n) is 2.12. The van der Waals surface area contributed by atoms with Gasteiger partial charge in [-0.3, -0.25) is 4.52 Å². The van der Waals surface area contributed by atoms with E-state index in [0.717, 1.165) is 19.3 Å². The molecule has 2 aromatic rings. The van der Waals surface area contributed by atoms with E-state index in [2.05, 4.69) is 21.2 Å². The molecule has 2 aromatic heterocycles. The third-order valence-corrected chi connectivity index (χ3v) is 2.96. The van der Waals surface area contributed by atoms with Gasteiger partial charge in [-0.2, -0.15) is 0 Å². The SMILES string of the molecule is O=c1onc(-c2ncccn2)n1C1C=CCCC1. The minimum Gasteiger partial charge on any atom is -0.295 e. The number of allylic oxidation sites excluding steroid dienone is 2. The summed E-state index contributed by atoms with van der Waals surface area (Å²) >= 11 is 0. The molecule has 92 valence electrons. The number of aromatic nitrogens is 4. The normalized spacial score (nSPS) is 19.0. The molecule has 0 N–H and O–H groups in total. The van der Waals surface area contributed by atoms with Gasteiger partial charge >= 0.3 is 5.76 Å². The fourth-order valence-corrected chi connectivity index (χ4v) is 2.12. The molecule has 1 atom stereocenters. The van der Waals surface area contributed by atoms with E-state index in [1.807, 2.05) is 6.08 Å². The highest BCUT2D eigenvalue weighted by Gasteiger charge is 2.21. The van der Waals surface area contributed by atoms with Crippen molar-refractivity contribution in [1.29, 1.82) is 0 Å². The molecular weight excluding hydrogens is 232 g/mol. The predicted molar refractivity (Wildman–Crippen MR) is 63.8 cm³/mol. The molecule has 0 radical (unpaired) electrons. The van der Waals surface area contributed by atoms with Crippen LogP contribution in [0.25, 0.3) is 11.6 Å². The zero-order chi connectivity index (χ0) is 12.4. The van der Waals surface area contributed by atoms with Crippen molar-refractivity contribution in [3.63, 3.8) is 0 Å². The number of nitrogens with zero attached hydrogens (tertiary/aromatic N) is 4. The van der Waals surface area contributed by atoms with Crippen LogP contribution in [0.2, 0.25) is 0 Å². The zero-order valence-electron chi connectivity index (χ0n) is 9.69. The van der Waals surface area contributed by atoms with Crippen molar-refractivity contribution in [3.8, 4) is 11.6 Å². The highest BCUT2D eigenvalue weighted by molar-refractivity contribution is 5.42. The Morgan fingerprint density at radius 2 is 2.17 bits per heavy atom. The lowest BCUT2D eigenvalue weighted by Crippen LogP contribution is -2.21. The van der Waals surface area contributed by atoms with Crippen LogP contribution in [0.5, 0.6) is 0 Å². The first-order valence-electron chi connectivity index (χ1n) is 5.88. The quantitative estimate of drug-likeness (QED) is 0.750. The Hall–Kier alpha value is -2.24. The highest BCUT2D eigenvalue weighted by Crippen LogP contribution is 2.24. The van der Waals surface area contributed by atoms with Crippen LogP contribution < -0.4 is 5.76 Å². The summed E-state index contributed by atoms with van der Waals surface area (Å²) in [6.07, 6.45) is 10.3. The minimum atomic E-state index is -0.464. The third kappa shape index (κ3) is 1.85. The van der Waals surface area contributed by atoms with Gasteiger partial charge in [0.15, 0.2) is 5.82 Å². The van der Waals surface area contributed by atoms with Gasteiger partial charge in [0.05, 0.1) is 6.04 Å². The van der Waals surface area contributed by atoms with Crippen LogP contribution in [-0.2, 0) is 0 Å². The molecule has 6 heteroatoms. The first-order valence-corrected chi connectivity index (χ1v) is 5.88. The number of hydrogen-bond acceptors (Lipinski definition) is 5. The van der Waals surface area contributed by atoms with E-state index < -0.39 is 5.76 Å². The number of rotatable bonds is 2. The predicted octanol–water partition coefficient (Wildman–Crippen LogP) is 1.57. The summed E-state index contributed by atoms with van der Waals surface area (Å²) < 4.78 is 6.27. The van der Waals surface area contributed by atoms with Crippen molar-refractivity contribution in [2.75, 3.05) is 0 Å². The zero-order valence-corrected chi connectivity index (χ0v) is 9.69. The Morgan fingerprint density at radius 3 is 2.89 bits per heavy atom. The van der Waals surface area contributed by atoms with E-state index >= 15 is 0 Å². The molecule has 0 spiro atoms. The minimum absolute atomic E-state index is 0.0173. The standard InChI is InChI=1S/C12H12N4O2/c17-12-16(9-5-2-1-3-6-9)11(15-18-12)10-13-7-4-8-14-10/h2,4-5,7-9H,1,3,6H2. The summed E-state index contributed by atoms with van der Waals surface area (Å²) in [5, 5.41) is 3.78. The first-order chi connectivity index (χ1) is 8.86. The molecule has 0 saturated heterocycles. The summed E-state index contributed by atoms with van der Waals surface area (Å²) in [5.41, 5.74) is 0. The van der Waals surface area contributed by atoms with E-state index in [-0.39, 0.29) is 6.04 Å². The van der Waals surface area contributed by atoms with Crippen LogP contribution in [0.15, 0.2) is 39.9 Å². The second kappa shape index (κ2) is 4.56. The average molecular weight is 244 g/mol. The molecule has 0 aliphatic heterocycles. The number of hydrogen-bond donors (Lipinski definition) is 0. The molecule has 1 aliphatic carbocycles. The van der Waals surface area contributed by atoms with E-state index in [0.29, 0.717) is 11.6 Å². The Kier molecular flexibility index (Phi) is 2.76. The molecule has 0 fully saturated rings. The molecule has 0 bridgehead atoms. The lowest BCUT2D eigenvalue weighted by molar-refractivity contribution is 0.366. The van der Waals surface area contributed by atoms with E-state index in [9.17, 15) is 4.79 Å². The van der Waals surface area contributed by atoms with Gasteiger partial charge in [0.25, 0.3) is 0 Å². The topological polar surface area (TPSA) is 73.8 Å². The van der Waals surface area contributed by atoms with E-state index in [1.54, 1.807) is 18.5 Å². The van der Waals surface area contributed by atoms with Gasteiger partial charge in [-0.05, 0) is 25.3 Å². The van der Waals surface area contributed by atoms with Crippen molar-refractivity contribution >= 4 is 0 Å². The van der Waals surface area contributed by atoms with Gasteiger partial charge in [-0.25, -0.2) is 19.3 Å². The van der Waals surface area contributed by atoms with Gasteiger partial charge in [-0.1, -0.05) is 17.3 Å². The molecule has 3 rings (SSSR count). The van der Waals surface area contributed by atoms with E-state index in [1.165, 1.54) is 4.57 Å². The molecule has 18 heavy (non-hydrogen) atoms. The summed E-state index contributed by atoms with van der Waals surface area (Å²) in [6, 6.07) is 1.70. The summed E-state index contributed by atoms with van der Waals surface area (Å²) in [4.78, 5) is 20.0. The largest absolute Gasteiger partial charge is 0.442 e. The van der Waals surface area contributed by atoms with Gasteiger partial charge < -0.3 is 0 Å². The molecule has 1 unspecified atom stereocenters. The van der Waals surface area contributed by atoms with Gasteiger partial charge in [0.2, 0.25) is 5.82 Å². The van der Waals surface area contributed by atoms with Gasteiger partial charge in [-0.15, -0.1) is 0 Å². The summed E-state index contributed by atoms with van der Waals surface area (Å²) in [7, 11) is 0.